The van der Waals surface area contributed by atoms with Crippen LogP contribution in [0, 0.1) is 5.92 Å². The molecule has 88 valence electrons. The Morgan fingerprint density at radius 3 is 2.81 bits per heavy atom. The summed E-state index contributed by atoms with van der Waals surface area (Å²) in [6, 6.07) is 0. The van der Waals surface area contributed by atoms with Gasteiger partial charge >= 0.3 is 0 Å². The van der Waals surface area contributed by atoms with Crippen LogP contribution < -0.4 is 5.32 Å². The Balaban J connectivity index is 2.64. The van der Waals surface area contributed by atoms with Gasteiger partial charge in [-0.2, -0.15) is 5.10 Å². The third-order valence-corrected chi connectivity index (χ3v) is 2.67. The van der Waals surface area contributed by atoms with Gasteiger partial charge in [-0.3, -0.25) is 9.48 Å². The Bertz CT molecular complexity index is 411. The molecule has 5 heteroatoms. The van der Waals surface area contributed by atoms with Gasteiger partial charge in [0.2, 0.25) is 5.91 Å². The zero-order valence-corrected chi connectivity index (χ0v) is 10.5. The number of hydrogen-bond acceptors (Lipinski definition) is 2. The van der Waals surface area contributed by atoms with Crippen molar-refractivity contribution in [3.05, 3.63) is 23.5 Å². The minimum Gasteiger partial charge on any atom is -0.322 e. The van der Waals surface area contributed by atoms with E-state index in [4.69, 9.17) is 11.6 Å². The minimum absolute atomic E-state index is 0.0714. The zero-order chi connectivity index (χ0) is 12.3. The van der Waals surface area contributed by atoms with E-state index in [2.05, 4.69) is 17.0 Å². The predicted molar refractivity (Wildman–Crippen MR) is 65.4 cm³/mol. The van der Waals surface area contributed by atoms with Crippen molar-refractivity contribution in [2.24, 2.45) is 13.0 Å². The number of nitrogens with one attached hydrogen (secondary N) is 1. The highest BCUT2D eigenvalue weighted by atomic mass is 35.5. The number of aryl methyl sites for hydroxylation is 1. The molecule has 1 amide bonds. The lowest BCUT2D eigenvalue weighted by molar-refractivity contribution is -0.119. The number of anilines is 1. The fourth-order valence-electron chi connectivity index (χ4n) is 1.38. The predicted octanol–water partition coefficient (Wildman–Crippen LogP) is 2.61. The highest BCUT2D eigenvalue weighted by Gasteiger charge is 2.15. The van der Waals surface area contributed by atoms with Crippen LogP contribution in [-0.2, 0) is 11.8 Å². The van der Waals surface area contributed by atoms with Crippen LogP contribution in [0.1, 0.15) is 20.3 Å². The van der Waals surface area contributed by atoms with Crippen LogP contribution >= 0.6 is 11.6 Å². The fourth-order valence-corrected chi connectivity index (χ4v) is 1.52. The smallest absolute Gasteiger partial charge is 0.227 e. The Kier molecular flexibility index (Phi) is 4.12. The van der Waals surface area contributed by atoms with Crippen LogP contribution in [0.5, 0.6) is 0 Å². The number of nitrogens with zero attached hydrogens (tertiary/aromatic N) is 2. The van der Waals surface area contributed by atoms with Crippen molar-refractivity contribution in [3.8, 4) is 0 Å². The molecule has 0 radical (unpaired) electrons. The van der Waals surface area contributed by atoms with Gasteiger partial charge in [0.25, 0.3) is 0 Å². The molecule has 0 fully saturated rings. The quantitative estimate of drug-likeness (QED) is 0.824. The van der Waals surface area contributed by atoms with Crippen LogP contribution in [0.4, 0.5) is 5.69 Å². The SMILES string of the molecule is C=C(C)CC(C)C(=O)Nc1cnn(C)c1Cl. The summed E-state index contributed by atoms with van der Waals surface area (Å²) in [7, 11) is 1.72. The van der Waals surface area contributed by atoms with E-state index in [9.17, 15) is 4.79 Å². The number of carbonyl (C=O) groups is 1. The van der Waals surface area contributed by atoms with Crippen LogP contribution in [0.2, 0.25) is 5.15 Å². The second-order valence-electron chi connectivity index (χ2n) is 4.02. The molecule has 1 atom stereocenters. The summed E-state index contributed by atoms with van der Waals surface area (Å²) in [4.78, 5) is 11.8. The van der Waals surface area contributed by atoms with Gasteiger partial charge in [0, 0.05) is 13.0 Å². The highest BCUT2D eigenvalue weighted by molar-refractivity contribution is 6.32. The highest BCUT2D eigenvalue weighted by Crippen LogP contribution is 2.21. The topological polar surface area (TPSA) is 46.9 Å². The van der Waals surface area contributed by atoms with Crippen LogP contribution in [0.25, 0.3) is 0 Å². The number of carbonyl (C=O) groups excluding carboxylic acids is 1. The van der Waals surface area contributed by atoms with Crippen molar-refractivity contribution in [3.63, 3.8) is 0 Å². The molecule has 0 aliphatic heterocycles. The molecule has 4 nitrogen and oxygen atoms in total. The van der Waals surface area contributed by atoms with E-state index in [-0.39, 0.29) is 11.8 Å². The third kappa shape index (κ3) is 3.10. The molecule has 1 aromatic heterocycles. The van der Waals surface area contributed by atoms with Gasteiger partial charge in [-0.1, -0.05) is 24.1 Å². The molecule has 0 saturated heterocycles. The fraction of sp³-hybridized carbons (Fsp3) is 0.455. The maximum Gasteiger partial charge on any atom is 0.227 e. The average molecular weight is 242 g/mol. The summed E-state index contributed by atoms with van der Waals surface area (Å²) < 4.78 is 1.50. The molecule has 0 spiro atoms. The summed E-state index contributed by atoms with van der Waals surface area (Å²) in [6.45, 7) is 7.54. The Morgan fingerprint density at radius 2 is 2.38 bits per heavy atom. The first kappa shape index (κ1) is 12.8. The summed E-state index contributed by atoms with van der Waals surface area (Å²) in [5.41, 5.74) is 1.53. The number of halogens is 1. The lowest BCUT2D eigenvalue weighted by Gasteiger charge is -2.10. The summed E-state index contributed by atoms with van der Waals surface area (Å²) in [5.74, 6) is -0.188. The molecule has 0 aliphatic rings. The lowest BCUT2D eigenvalue weighted by atomic mass is 10.0. The molecule has 1 unspecified atom stereocenters. The Morgan fingerprint density at radius 1 is 1.75 bits per heavy atom. The van der Waals surface area contributed by atoms with Gasteiger partial charge in [-0.25, -0.2) is 0 Å². The summed E-state index contributed by atoms with van der Waals surface area (Å²) >= 11 is 5.93. The monoisotopic (exact) mass is 241 g/mol. The first-order chi connectivity index (χ1) is 7.41. The van der Waals surface area contributed by atoms with Crippen molar-refractivity contribution in [1.29, 1.82) is 0 Å². The maximum absolute atomic E-state index is 11.8. The lowest BCUT2D eigenvalue weighted by Crippen LogP contribution is -2.20. The van der Waals surface area contributed by atoms with E-state index < -0.39 is 0 Å². The first-order valence-corrected chi connectivity index (χ1v) is 5.42. The van der Waals surface area contributed by atoms with Gasteiger partial charge < -0.3 is 5.32 Å². The average Bonchev–Trinajstić information content (AvgIpc) is 2.48. The van der Waals surface area contributed by atoms with Gasteiger partial charge in [0.1, 0.15) is 5.15 Å². The van der Waals surface area contributed by atoms with E-state index in [1.54, 1.807) is 7.05 Å². The van der Waals surface area contributed by atoms with Crippen molar-refractivity contribution in [2.75, 3.05) is 5.32 Å². The molecule has 0 saturated carbocycles. The van der Waals surface area contributed by atoms with E-state index >= 15 is 0 Å². The molecule has 0 aromatic carbocycles. The number of hydrogen-bond donors (Lipinski definition) is 1. The van der Waals surface area contributed by atoms with Gasteiger partial charge in [0.15, 0.2) is 0 Å². The molecular weight excluding hydrogens is 226 g/mol. The zero-order valence-electron chi connectivity index (χ0n) is 9.75. The summed E-state index contributed by atoms with van der Waals surface area (Å²) in [5, 5.41) is 7.11. The molecule has 1 heterocycles. The van der Waals surface area contributed by atoms with E-state index in [1.165, 1.54) is 10.9 Å². The number of allylic oxidation sites excluding steroid dienone is 1. The number of amides is 1. The second kappa shape index (κ2) is 5.16. The largest absolute Gasteiger partial charge is 0.322 e. The van der Waals surface area contributed by atoms with E-state index in [0.717, 1.165) is 5.57 Å². The van der Waals surface area contributed by atoms with Crippen LogP contribution in [-0.4, -0.2) is 15.7 Å². The Labute approximate surface area is 100 Å². The Hall–Kier alpha value is -1.29. The van der Waals surface area contributed by atoms with E-state index in [1.807, 2.05) is 13.8 Å². The molecule has 1 N–H and O–H groups in total. The van der Waals surface area contributed by atoms with Crippen molar-refractivity contribution in [1.82, 2.24) is 9.78 Å². The number of rotatable bonds is 4. The third-order valence-electron chi connectivity index (χ3n) is 2.23. The van der Waals surface area contributed by atoms with Crippen LogP contribution in [0.15, 0.2) is 18.3 Å². The molecule has 16 heavy (non-hydrogen) atoms. The second-order valence-corrected chi connectivity index (χ2v) is 4.38. The molecule has 1 aromatic rings. The molecule has 0 aliphatic carbocycles. The standard InChI is InChI=1S/C11H16ClN3O/c1-7(2)5-8(3)11(16)14-9-6-13-15(4)10(9)12/h6,8H,1,5H2,2-4H3,(H,14,16). The minimum atomic E-state index is -0.117. The first-order valence-electron chi connectivity index (χ1n) is 5.04. The molecule has 1 rings (SSSR count). The molecular formula is C11H16ClN3O. The van der Waals surface area contributed by atoms with Gasteiger partial charge in [-0.15, -0.1) is 6.58 Å². The number of aromatic nitrogens is 2. The maximum atomic E-state index is 11.8. The van der Waals surface area contributed by atoms with Gasteiger partial charge in [0.05, 0.1) is 11.9 Å². The summed E-state index contributed by atoms with van der Waals surface area (Å²) in [6.07, 6.45) is 2.21. The normalized spacial score (nSPS) is 12.2. The van der Waals surface area contributed by atoms with Crippen molar-refractivity contribution < 1.29 is 4.79 Å². The van der Waals surface area contributed by atoms with Crippen molar-refractivity contribution >= 4 is 23.2 Å². The van der Waals surface area contributed by atoms with E-state index in [0.29, 0.717) is 17.3 Å². The van der Waals surface area contributed by atoms with Crippen LogP contribution in [0.3, 0.4) is 0 Å². The van der Waals surface area contributed by atoms with Gasteiger partial charge in [-0.05, 0) is 13.3 Å². The van der Waals surface area contributed by atoms with Crippen molar-refractivity contribution in [2.45, 2.75) is 20.3 Å². The molecule has 0 bridgehead atoms.